The molecule has 1 heterocycles. The van der Waals surface area contributed by atoms with Gasteiger partial charge in [-0.25, -0.2) is 4.39 Å². The Hall–Kier alpha value is -0.150. The second kappa shape index (κ2) is 2.42. The third-order valence-corrected chi connectivity index (χ3v) is 1.34. The van der Waals surface area contributed by atoms with E-state index in [-0.39, 0.29) is 12.6 Å². The normalized spacial score (nSPS) is 39.8. The van der Waals surface area contributed by atoms with Gasteiger partial charge >= 0.3 is 0 Å². The summed E-state index contributed by atoms with van der Waals surface area (Å²) in [5, 5.41) is 0. The zero-order chi connectivity index (χ0) is 5.98. The first kappa shape index (κ1) is 5.98. The van der Waals surface area contributed by atoms with Gasteiger partial charge in [0.1, 0.15) is 6.17 Å². The van der Waals surface area contributed by atoms with Crippen molar-refractivity contribution in [1.29, 1.82) is 0 Å². The van der Waals surface area contributed by atoms with Crippen molar-refractivity contribution in [3.63, 3.8) is 0 Å². The Kier molecular flexibility index (Phi) is 1.81. The molecule has 1 rings (SSSR count). The van der Waals surface area contributed by atoms with Crippen molar-refractivity contribution < 1.29 is 9.13 Å². The highest BCUT2D eigenvalue weighted by Gasteiger charge is 2.20. The van der Waals surface area contributed by atoms with E-state index >= 15 is 0 Å². The molecule has 2 N–H and O–H groups in total. The Morgan fingerprint density at radius 3 is 2.75 bits per heavy atom. The summed E-state index contributed by atoms with van der Waals surface area (Å²) in [4.78, 5) is 0. The molecule has 1 fully saturated rings. The lowest BCUT2D eigenvalue weighted by Crippen LogP contribution is -2.39. The Labute approximate surface area is 47.8 Å². The fourth-order valence-corrected chi connectivity index (χ4v) is 0.720. The van der Waals surface area contributed by atoms with Crippen LogP contribution in [-0.2, 0) is 4.74 Å². The number of halogens is 1. The van der Waals surface area contributed by atoms with Gasteiger partial charge in [-0.3, -0.25) is 0 Å². The maximum absolute atomic E-state index is 12.3. The molecule has 0 amide bonds. The van der Waals surface area contributed by atoms with Crippen LogP contribution in [0.3, 0.4) is 0 Å². The Morgan fingerprint density at radius 1 is 1.62 bits per heavy atom. The number of rotatable bonds is 0. The minimum atomic E-state index is -0.941. The zero-order valence-corrected chi connectivity index (χ0v) is 4.64. The Bertz CT molecular complexity index is 68.8. The molecule has 1 aliphatic heterocycles. The van der Waals surface area contributed by atoms with Crippen LogP contribution >= 0.6 is 0 Å². The molecule has 0 aromatic heterocycles. The molecular weight excluding hydrogens is 109 g/mol. The van der Waals surface area contributed by atoms with Gasteiger partial charge in [0.2, 0.25) is 0 Å². The minimum Gasteiger partial charge on any atom is -0.378 e. The van der Waals surface area contributed by atoms with Crippen LogP contribution in [0, 0.1) is 0 Å². The number of ether oxygens (including phenoxy) is 1. The molecule has 48 valence electrons. The summed E-state index contributed by atoms with van der Waals surface area (Å²) in [6.45, 7) is 0.794. The predicted octanol–water partition coefficient (Wildman–Crippen LogP) is 0.0721. The van der Waals surface area contributed by atoms with Crippen LogP contribution in [0.25, 0.3) is 0 Å². The van der Waals surface area contributed by atoms with Gasteiger partial charge in [0.15, 0.2) is 0 Å². The van der Waals surface area contributed by atoms with Gasteiger partial charge in [-0.2, -0.15) is 0 Å². The van der Waals surface area contributed by atoms with Crippen LogP contribution in [0.4, 0.5) is 4.39 Å². The van der Waals surface area contributed by atoms with Crippen molar-refractivity contribution in [1.82, 2.24) is 0 Å². The Morgan fingerprint density at radius 2 is 2.38 bits per heavy atom. The molecule has 0 aliphatic carbocycles. The molecule has 0 radical (unpaired) electrons. The van der Waals surface area contributed by atoms with E-state index in [2.05, 4.69) is 0 Å². The standard InChI is InChI=1S/C5H10FNO/c6-4-3-8-2-1-5(4)7/h4-5H,1-3,7H2. The van der Waals surface area contributed by atoms with Crippen molar-refractivity contribution >= 4 is 0 Å². The highest BCUT2D eigenvalue weighted by molar-refractivity contribution is 4.74. The quantitative estimate of drug-likeness (QED) is 0.490. The van der Waals surface area contributed by atoms with E-state index in [1.165, 1.54) is 0 Å². The van der Waals surface area contributed by atoms with E-state index in [0.717, 1.165) is 0 Å². The highest BCUT2D eigenvalue weighted by Crippen LogP contribution is 2.07. The first-order valence-corrected chi connectivity index (χ1v) is 2.78. The molecule has 8 heavy (non-hydrogen) atoms. The van der Waals surface area contributed by atoms with Gasteiger partial charge < -0.3 is 10.5 Å². The molecule has 0 saturated carbocycles. The molecule has 2 atom stereocenters. The molecular formula is C5H10FNO. The topological polar surface area (TPSA) is 35.2 Å². The molecule has 0 bridgehead atoms. The lowest BCUT2D eigenvalue weighted by Gasteiger charge is -2.21. The Balaban J connectivity index is 2.28. The fourth-order valence-electron chi connectivity index (χ4n) is 0.720. The van der Waals surface area contributed by atoms with E-state index in [1.807, 2.05) is 0 Å². The van der Waals surface area contributed by atoms with Gasteiger partial charge in [0.05, 0.1) is 6.61 Å². The van der Waals surface area contributed by atoms with Gasteiger partial charge in [-0.15, -0.1) is 0 Å². The summed E-state index contributed by atoms with van der Waals surface area (Å²) in [6, 6.07) is -0.288. The van der Waals surface area contributed by atoms with Gasteiger partial charge in [-0.05, 0) is 6.42 Å². The third-order valence-electron chi connectivity index (χ3n) is 1.34. The van der Waals surface area contributed by atoms with E-state index in [0.29, 0.717) is 13.0 Å². The molecule has 2 unspecified atom stereocenters. The summed E-state index contributed by atoms with van der Waals surface area (Å²) < 4.78 is 17.1. The van der Waals surface area contributed by atoms with Crippen molar-refractivity contribution in [2.45, 2.75) is 18.6 Å². The SMILES string of the molecule is NC1CCOCC1F. The van der Waals surface area contributed by atoms with Crippen LogP contribution in [0.1, 0.15) is 6.42 Å². The number of hydrogen-bond acceptors (Lipinski definition) is 2. The van der Waals surface area contributed by atoms with Crippen LogP contribution in [-0.4, -0.2) is 25.4 Å². The van der Waals surface area contributed by atoms with E-state index < -0.39 is 6.17 Å². The minimum absolute atomic E-state index is 0.182. The van der Waals surface area contributed by atoms with Crippen molar-refractivity contribution in [2.75, 3.05) is 13.2 Å². The van der Waals surface area contributed by atoms with E-state index in [4.69, 9.17) is 10.5 Å². The second-order valence-corrected chi connectivity index (χ2v) is 2.04. The molecule has 2 nitrogen and oxygen atoms in total. The number of nitrogens with two attached hydrogens (primary N) is 1. The fraction of sp³-hybridized carbons (Fsp3) is 1.00. The van der Waals surface area contributed by atoms with Crippen LogP contribution < -0.4 is 5.73 Å². The second-order valence-electron chi connectivity index (χ2n) is 2.04. The van der Waals surface area contributed by atoms with Crippen LogP contribution in [0.5, 0.6) is 0 Å². The summed E-state index contributed by atoms with van der Waals surface area (Å²) in [5.41, 5.74) is 5.32. The summed E-state index contributed by atoms with van der Waals surface area (Å²) >= 11 is 0. The molecule has 0 aromatic carbocycles. The largest absolute Gasteiger partial charge is 0.378 e. The van der Waals surface area contributed by atoms with Gasteiger partial charge in [-0.1, -0.05) is 0 Å². The van der Waals surface area contributed by atoms with Crippen molar-refractivity contribution in [3.8, 4) is 0 Å². The molecule has 0 spiro atoms. The average Bonchev–Trinajstić information content (AvgIpc) is 1.77. The summed E-state index contributed by atoms with van der Waals surface area (Å²) in [5.74, 6) is 0. The first-order valence-electron chi connectivity index (χ1n) is 2.78. The zero-order valence-electron chi connectivity index (χ0n) is 4.64. The first-order chi connectivity index (χ1) is 3.80. The molecule has 1 saturated heterocycles. The van der Waals surface area contributed by atoms with Crippen LogP contribution in [0.2, 0.25) is 0 Å². The molecule has 0 aromatic rings. The molecule has 3 heteroatoms. The van der Waals surface area contributed by atoms with Crippen molar-refractivity contribution in [2.24, 2.45) is 5.73 Å². The molecule has 1 aliphatic rings. The monoisotopic (exact) mass is 119 g/mol. The highest BCUT2D eigenvalue weighted by atomic mass is 19.1. The third kappa shape index (κ3) is 1.17. The van der Waals surface area contributed by atoms with Crippen molar-refractivity contribution in [3.05, 3.63) is 0 Å². The summed E-state index contributed by atoms with van der Waals surface area (Å²) in [6.07, 6.45) is -0.287. The predicted molar refractivity (Wildman–Crippen MR) is 28.3 cm³/mol. The van der Waals surface area contributed by atoms with Gasteiger partial charge in [0, 0.05) is 12.6 Å². The number of hydrogen-bond donors (Lipinski definition) is 1. The van der Waals surface area contributed by atoms with E-state index in [9.17, 15) is 4.39 Å². The lowest BCUT2D eigenvalue weighted by molar-refractivity contribution is 0.0238. The smallest absolute Gasteiger partial charge is 0.138 e. The maximum Gasteiger partial charge on any atom is 0.138 e. The average molecular weight is 119 g/mol. The van der Waals surface area contributed by atoms with Gasteiger partial charge in [0.25, 0.3) is 0 Å². The van der Waals surface area contributed by atoms with Crippen LogP contribution in [0.15, 0.2) is 0 Å². The lowest BCUT2D eigenvalue weighted by atomic mass is 10.1. The van der Waals surface area contributed by atoms with E-state index in [1.54, 1.807) is 0 Å². The summed E-state index contributed by atoms with van der Waals surface area (Å²) in [7, 11) is 0. The maximum atomic E-state index is 12.3. The number of alkyl halides is 1.